The largest absolute Gasteiger partial charge is 0.434 e. The molecule has 6 nitrogen and oxygen atoms in total. The monoisotopic (exact) mass is 407 g/mol. The highest BCUT2D eigenvalue weighted by molar-refractivity contribution is 7.99. The molecule has 0 aliphatic carbocycles. The Morgan fingerprint density at radius 1 is 1.15 bits per heavy atom. The number of ether oxygens (including phenoxy) is 1. The van der Waals surface area contributed by atoms with Crippen LogP contribution in [0.1, 0.15) is 10.4 Å². The molecule has 2 aliphatic heterocycles. The first kappa shape index (κ1) is 20.7. The second-order valence-corrected chi connectivity index (χ2v) is 6.79. The second-order valence-electron chi connectivity index (χ2n) is 5.76. The van der Waals surface area contributed by atoms with Crippen LogP contribution in [-0.2, 0) is 4.79 Å². The first-order chi connectivity index (χ1) is 12.1. The zero-order valence-corrected chi connectivity index (χ0v) is 15.5. The fourth-order valence-corrected chi connectivity index (χ4v) is 3.85. The Hall–Kier alpha value is -1.58. The van der Waals surface area contributed by atoms with E-state index in [2.05, 4.69) is 10.1 Å². The minimum Gasteiger partial charge on any atom is -0.434 e. The van der Waals surface area contributed by atoms with Crippen molar-refractivity contribution in [3.8, 4) is 5.75 Å². The lowest BCUT2D eigenvalue weighted by atomic mass is 10.1. The van der Waals surface area contributed by atoms with Crippen molar-refractivity contribution < 1.29 is 23.1 Å². The van der Waals surface area contributed by atoms with Crippen molar-refractivity contribution >= 4 is 36.0 Å². The predicted molar refractivity (Wildman–Crippen MR) is 97.1 cm³/mol. The Morgan fingerprint density at radius 3 is 2.42 bits per heavy atom. The number of thioether (sulfide) groups is 1. The molecule has 3 rings (SSSR count). The van der Waals surface area contributed by atoms with Crippen molar-refractivity contribution in [2.24, 2.45) is 0 Å². The van der Waals surface area contributed by atoms with Crippen LogP contribution in [0.5, 0.6) is 5.75 Å². The average Bonchev–Trinajstić information content (AvgIpc) is 3.15. The lowest BCUT2D eigenvalue weighted by Crippen LogP contribution is -2.54. The summed E-state index contributed by atoms with van der Waals surface area (Å²) in [5.74, 6) is 1.09. The maximum atomic E-state index is 12.6. The number of alkyl halides is 2. The van der Waals surface area contributed by atoms with Crippen molar-refractivity contribution in [1.82, 2.24) is 15.1 Å². The number of piperazine rings is 1. The third kappa shape index (κ3) is 4.77. The number of carbonyl (C=O) groups excluding carboxylic acids is 2. The summed E-state index contributed by atoms with van der Waals surface area (Å²) in [5, 5.41) is 3.14. The number of rotatable bonds is 4. The fraction of sp³-hybridized carbons (Fsp3) is 0.500. The molecule has 1 unspecified atom stereocenters. The molecule has 26 heavy (non-hydrogen) atoms. The first-order valence-corrected chi connectivity index (χ1v) is 9.15. The van der Waals surface area contributed by atoms with Gasteiger partial charge in [-0.15, -0.1) is 24.2 Å². The van der Waals surface area contributed by atoms with Crippen molar-refractivity contribution in [2.75, 3.05) is 37.8 Å². The van der Waals surface area contributed by atoms with Crippen LogP contribution >= 0.6 is 24.2 Å². The van der Waals surface area contributed by atoms with Gasteiger partial charge in [0.25, 0.3) is 5.91 Å². The molecule has 0 radical (unpaired) electrons. The van der Waals surface area contributed by atoms with E-state index in [4.69, 9.17) is 0 Å². The van der Waals surface area contributed by atoms with Gasteiger partial charge in [-0.25, -0.2) is 0 Å². The number of nitrogens with one attached hydrogen (secondary N) is 1. The molecular formula is C16H20ClF2N3O3S. The van der Waals surface area contributed by atoms with E-state index in [9.17, 15) is 18.4 Å². The van der Waals surface area contributed by atoms with Crippen LogP contribution in [0.3, 0.4) is 0 Å². The normalized spacial score (nSPS) is 20.0. The summed E-state index contributed by atoms with van der Waals surface area (Å²) in [5.41, 5.74) is 0.108. The Bertz CT molecular complexity index is 639. The van der Waals surface area contributed by atoms with Gasteiger partial charge < -0.3 is 14.5 Å². The number of halogens is 3. The van der Waals surface area contributed by atoms with E-state index in [1.165, 1.54) is 18.2 Å². The van der Waals surface area contributed by atoms with Crippen LogP contribution in [0.25, 0.3) is 0 Å². The number of hydrogen-bond donors (Lipinski definition) is 1. The topological polar surface area (TPSA) is 61.9 Å². The van der Waals surface area contributed by atoms with E-state index < -0.39 is 6.61 Å². The highest BCUT2D eigenvalue weighted by Gasteiger charge is 2.31. The molecule has 2 aliphatic rings. The number of hydrogen-bond acceptors (Lipinski definition) is 5. The van der Waals surface area contributed by atoms with Crippen molar-refractivity contribution in [3.05, 3.63) is 29.8 Å². The number of para-hydroxylation sites is 1. The molecule has 2 fully saturated rings. The molecule has 10 heteroatoms. The van der Waals surface area contributed by atoms with Gasteiger partial charge in [-0.1, -0.05) is 12.1 Å². The average molecular weight is 408 g/mol. The van der Waals surface area contributed by atoms with Crippen LogP contribution in [0.2, 0.25) is 0 Å². The third-order valence-corrected chi connectivity index (χ3v) is 5.17. The summed E-state index contributed by atoms with van der Waals surface area (Å²) in [4.78, 5) is 28.3. The zero-order chi connectivity index (χ0) is 17.8. The fourth-order valence-electron chi connectivity index (χ4n) is 2.92. The second kappa shape index (κ2) is 9.38. The van der Waals surface area contributed by atoms with Gasteiger partial charge in [-0.2, -0.15) is 8.78 Å². The summed E-state index contributed by atoms with van der Waals surface area (Å²) in [6.07, 6.45) is 0. The Morgan fingerprint density at radius 2 is 1.81 bits per heavy atom. The summed E-state index contributed by atoms with van der Waals surface area (Å²) < 4.78 is 29.4. The smallest absolute Gasteiger partial charge is 0.387 e. The van der Waals surface area contributed by atoms with E-state index in [1.807, 2.05) is 0 Å². The van der Waals surface area contributed by atoms with Crippen LogP contribution in [0.15, 0.2) is 24.3 Å². The first-order valence-electron chi connectivity index (χ1n) is 7.99. The standard InChI is InChI=1S/C16H19F2N3O3S.ClH/c17-16(18)24-13-4-2-1-3-11(13)14(22)20-5-7-21(8-6-20)15(23)12-9-25-10-19-12;/h1-4,12,16,19H,5-10H2;1H. The molecule has 0 aromatic heterocycles. The van der Waals surface area contributed by atoms with Crippen molar-refractivity contribution in [1.29, 1.82) is 0 Å². The summed E-state index contributed by atoms with van der Waals surface area (Å²) in [6.45, 7) is -1.38. The van der Waals surface area contributed by atoms with Gasteiger partial charge in [0, 0.05) is 37.8 Å². The van der Waals surface area contributed by atoms with Crippen LogP contribution in [-0.4, -0.2) is 72.1 Å². The van der Waals surface area contributed by atoms with Gasteiger partial charge >= 0.3 is 6.61 Å². The van der Waals surface area contributed by atoms with Crippen LogP contribution < -0.4 is 10.1 Å². The highest BCUT2D eigenvalue weighted by Crippen LogP contribution is 2.23. The Kier molecular flexibility index (Phi) is 7.48. The summed E-state index contributed by atoms with van der Waals surface area (Å²) >= 11 is 1.69. The molecule has 1 aromatic carbocycles. The van der Waals surface area contributed by atoms with Crippen LogP contribution in [0, 0.1) is 0 Å². The lowest BCUT2D eigenvalue weighted by Gasteiger charge is -2.36. The van der Waals surface area contributed by atoms with Gasteiger partial charge in [0.15, 0.2) is 0 Å². The number of carbonyl (C=O) groups is 2. The van der Waals surface area contributed by atoms with Gasteiger partial charge in [-0.3, -0.25) is 14.9 Å². The SMILES string of the molecule is Cl.O=C(c1ccccc1OC(F)F)N1CCN(C(=O)C2CSCN2)CC1. The molecule has 1 aromatic rings. The number of nitrogens with zero attached hydrogens (tertiary/aromatic N) is 2. The molecule has 0 saturated carbocycles. The van der Waals surface area contributed by atoms with Gasteiger partial charge in [0.1, 0.15) is 5.75 Å². The van der Waals surface area contributed by atoms with Gasteiger partial charge in [0.2, 0.25) is 5.91 Å². The predicted octanol–water partition coefficient (Wildman–Crippen LogP) is 1.66. The van der Waals surface area contributed by atoms with E-state index in [0.29, 0.717) is 26.2 Å². The molecule has 1 N–H and O–H groups in total. The lowest BCUT2D eigenvalue weighted by molar-refractivity contribution is -0.134. The molecule has 2 saturated heterocycles. The molecule has 0 spiro atoms. The Labute approximate surface area is 160 Å². The van der Waals surface area contributed by atoms with Gasteiger partial charge in [0.05, 0.1) is 11.6 Å². The summed E-state index contributed by atoms with van der Waals surface area (Å²) in [7, 11) is 0. The minimum absolute atomic E-state index is 0. The molecule has 2 amide bonds. The van der Waals surface area contributed by atoms with E-state index in [0.717, 1.165) is 11.6 Å². The highest BCUT2D eigenvalue weighted by atomic mass is 35.5. The zero-order valence-electron chi connectivity index (χ0n) is 13.9. The molecule has 144 valence electrons. The molecule has 0 bridgehead atoms. The third-order valence-electron chi connectivity index (χ3n) is 4.23. The van der Waals surface area contributed by atoms with Gasteiger partial charge in [-0.05, 0) is 12.1 Å². The van der Waals surface area contributed by atoms with E-state index >= 15 is 0 Å². The van der Waals surface area contributed by atoms with E-state index in [-0.39, 0.29) is 41.6 Å². The van der Waals surface area contributed by atoms with Crippen molar-refractivity contribution in [3.63, 3.8) is 0 Å². The maximum absolute atomic E-state index is 12.6. The molecule has 2 heterocycles. The summed E-state index contributed by atoms with van der Waals surface area (Å²) in [6, 6.07) is 5.80. The van der Waals surface area contributed by atoms with Crippen LogP contribution in [0.4, 0.5) is 8.78 Å². The Balaban J connectivity index is 0.00000243. The quantitative estimate of drug-likeness (QED) is 0.822. The van der Waals surface area contributed by atoms with E-state index in [1.54, 1.807) is 27.6 Å². The molecule has 1 atom stereocenters. The number of amides is 2. The van der Waals surface area contributed by atoms with Crippen molar-refractivity contribution in [2.45, 2.75) is 12.7 Å². The maximum Gasteiger partial charge on any atom is 0.387 e. The number of benzene rings is 1. The minimum atomic E-state index is -2.99. The molecular weight excluding hydrogens is 388 g/mol.